The lowest BCUT2D eigenvalue weighted by Gasteiger charge is -2.24. The van der Waals surface area contributed by atoms with Gasteiger partial charge in [0, 0.05) is 20.1 Å². The molecule has 3 rings (SSSR count). The fourth-order valence-corrected chi connectivity index (χ4v) is 3.22. The van der Waals surface area contributed by atoms with E-state index in [2.05, 4.69) is 15.0 Å². The van der Waals surface area contributed by atoms with Crippen LogP contribution in [0.3, 0.4) is 0 Å². The number of aromatic nitrogens is 2. The van der Waals surface area contributed by atoms with Gasteiger partial charge in [0.1, 0.15) is 0 Å². The third kappa shape index (κ3) is 4.04. The van der Waals surface area contributed by atoms with Gasteiger partial charge in [-0.15, -0.1) is 0 Å². The summed E-state index contributed by atoms with van der Waals surface area (Å²) < 4.78 is 16.1. The third-order valence-corrected chi connectivity index (χ3v) is 4.29. The summed E-state index contributed by atoms with van der Waals surface area (Å²) in [5.41, 5.74) is 0. The highest BCUT2D eigenvalue weighted by atomic mass is 16.5. The standard InChI is InChI=1S/C15H25N3O4/c1-11-16-15(17-22-11)14-5-2-6-18(14)8-12(19)9-20-10-13-4-3-7-21-13/h12-14,19H,2-10H2,1H3/t12-,13+,14-/m0/s1. The van der Waals surface area contributed by atoms with Crippen molar-refractivity contribution in [2.45, 2.75) is 50.9 Å². The average Bonchev–Trinajstić information content (AvgIpc) is 3.20. The molecule has 0 spiro atoms. The average molecular weight is 311 g/mol. The SMILES string of the molecule is Cc1nc([C@@H]2CCCN2C[C@H](O)COC[C@H]2CCCO2)no1. The lowest BCUT2D eigenvalue weighted by atomic mass is 10.2. The highest BCUT2D eigenvalue weighted by molar-refractivity contribution is 4.97. The van der Waals surface area contributed by atoms with E-state index in [0.717, 1.165) is 44.7 Å². The van der Waals surface area contributed by atoms with E-state index < -0.39 is 6.10 Å². The zero-order chi connectivity index (χ0) is 15.4. The molecule has 0 saturated carbocycles. The number of aryl methyl sites for hydroxylation is 1. The summed E-state index contributed by atoms with van der Waals surface area (Å²) in [6.45, 7) is 5.06. The second kappa shape index (κ2) is 7.50. The normalized spacial score (nSPS) is 27.5. The maximum atomic E-state index is 10.2. The highest BCUT2D eigenvalue weighted by Gasteiger charge is 2.31. The minimum absolute atomic E-state index is 0.144. The Morgan fingerprint density at radius 2 is 2.32 bits per heavy atom. The molecule has 7 nitrogen and oxygen atoms in total. The Hall–Kier alpha value is -1.02. The molecule has 124 valence electrons. The molecule has 22 heavy (non-hydrogen) atoms. The van der Waals surface area contributed by atoms with Gasteiger partial charge < -0.3 is 19.1 Å². The Kier molecular flexibility index (Phi) is 5.41. The summed E-state index contributed by atoms with van der Waals surface area (Å²) in [6, 6.07) is 0.144. The molecule has 0 bridgehead atoms. The molecule has 2 fully saturated rings. The number of β-amino-alcohol motifs (C(OH)–C–C–N with tert-alkyl or cyclic N) is 1. The highest BCUT2D eigenvalue weighted by Crippen LogP contribution is 2.30. The van der Waals surface area contributed by atoms with Crippen molar-refractivity contribution >= 4 is 0 Å². The molecule has 0 radical (unpaired) electrons. The minimum atomic E-state index is -0.505. The maximum absolute atomic E-state index is 10.2. The van der Waals surface area contributed by atoms with Crippen LogP contribution in [-0.4, -0.2) is 65.3 Å². The predicted molar refractivity (Wildman–Crippen MR) is 78.4 cm³/mol. The van der Waals surface area contributed by atoms with E-state index in [1.807, 2.05) is 0 Å². The largest absolute Gasteiger partial charge is 0.389 e. The van der Waals surface area contributed by atoms with Crippen molar-refractivity contribution in [3.8, 4) is 0 Å². The molecule has 1 aromatic heterocycles. The van der Waals surface area contributed by atoms with E-state index in [4.69, 9.17) is 14.0 Å². The van der Waals surface area contributed by atoms with Crippen LogP contribution >= 0.6 is 0 Å². The van der Waals surface area contributed by atoms with Crippen molar-refractivity contribution in [2.24, 2.45) is 0 Å². The molecule has 0 amide bonds. The van der Waals surface area contributed by atoms with Gasteiger partial charge in [-0.2, -0.15) is 4.98 Å². The fourth-order valence-electron chi connectivity index (χ4n) is 3.22. The number of ether oxygens (including phenoxy) is 2. The minimum Gasteiger partial charge on any atom is -0.389 e. The smallest absolute Gasteiger partial charge is 0.223 e. The third-order valence-electron chi connectivity index (χ3n) is 4.29. The second-order valence-corrected chi connectivity index (χ2v) is 6.15. The number of likely N-dealkylation sites (tertiary alicyclic amines) is 1. The maximum Gasteiger partial charge on any atom is 0.223 e. The Balaban J connectivity index is 1.42. The van der Waals surface area contributed by atoms with E-state index in [-0.39, 0.29) is 12.1 Å². The van der Waals surface area contributed by atoms with Gasteiger partial charge in [-0.25, -0.2) is 0 Å². The summed E-state index contributed by atoms with van der Waals surface area (Å²) in [5.74, 6) is 1.31. The van der Waals surface area contributed by atoms with E-state index in [1.165, 1.54) is 0 Å². The molecule has 7 heteroatoms. The van der Waals surface area contributed by atoms with Crippen LogP contribution in [0.25, 0.3) is 0 Å². The van der Waals surface area contributed by atoms with Gasteiger partial charge in [-0.1, -0.05) is 5.16 Å². The molecule has 0 unspecified atom stereocenters. The molecular weight excluding hydrogens is 286 g/mol. The van der Waals surface area contributed by atoms with Crippen LogP contribution in [0.4, 0.5) is 0 Å². The van der Waals surface area contributed by atoms with Crippen molar-refractivity contribution in [1.82, 2.24) is 15.0 Å². The first-order valence-corrected chi connectivity index (χ1v) is 8.14. The molecule has 0 aliphatic carbocycles. The zero-order valence-electron chi connectivity index (χ0n) is 13.1. The van der Waals surface area contributed by atoms with E-state index >= 15 is 0 Å². The number of aliphatic hydroxyl groups is 1. The number of hydrogen-bond donors (Lipinski definition) is 1. The van der Waals surface area contributed by atoms with E-state index in [1.54, 1.807) is 6.92 Å². The first-order chi connectivity index (χ1) is 10.7. The number of hydrogen-bond acceptors (Lipinski definition) is 7. The summed E-state index contributed by atoms with van der Waals surface area (Å²) in [6.07, 6.45) is 3.95. The molecule has 3 atom stereocenters. The lowest BCUT2D eigenvalue weighted by Crippen LogP contribution is -2.35. The molecule has 2 aliphatic rings. The predicted octanol–water partition coefficient (Wildman–Crippen LogP) is 1.07. The van der Waals surface area contributed by atoms with Crippen LogP contribution in [0.2, 0.25) is 0 Å². The summed E-state index contributed by atoms with van der Waals surface area (Å²) in [4.78, 5) is 6.53. The van der Waals surface area contributed by atoms with Gasteiger partial charge in [0.05, 0.1) is 31.5 Å². The van der Waals surface area contributed by atoms with Crippen LogP contribution < -0.4 is 0 Å². The van der Waals surface area contributed by atoms with Crippen molar-refractivity contribution in [3.05, 3.63) is 11.7 Å². The van der Waals surface area contributed by atoms with E-state index in [0.29, 0.717) is 25.6 Å². The van der Waals surface area contributed by atoms with Crippen molar-refractivity contribution in [2.75, 3.05) is 32.9 Å². The van der Waals surface area contributed by atoms with Gasteiger partial charge in [-0.05, 0) is 32.2 Å². The molecule has 1 N–H and O–H groups in total. The number of aliphatic hydroxyl groups excluding tert-OH is 1. The molecule has 1 aromatic rings. The van der Waals surface area contributed by atoms with Gasteiger partial charge >= 0.3 is 0 Å². The summed E-state index contributed by atoms with van der Waals surface area (Å²) in [5, 5.41) is 14.2. The Labute approximate surface area is 130 Å². The van der Waals surface area contributed by atoms with Crippen LogP contribution in [0, 0.1) is 6.92 Å². The summed E-state index contributed by atoms with van der Waals surface area (Å²) in [7, 11) is 0. The van der Waals surface area contributed by atoms with Crippen LogP contribution in [0.15, 0.2) is 4.52 Å². The molecule has 0 aromatic carbocycles. The second-order valence-electron chi connectivity index (χ2n) is 6.15. The summed E-state index contributed by atoms with van der Waals surface area (Å²) >= 11 is 0. The Bertz CT molecular complexity index is 461. The molecule has 2 aliphatic heterocycles. The van der Waals surface area contributed by atoms with Gasteiger partial charge in [-0.3, -0.25) is 4.90 Å². The fraction of sp³-hybridized carbons (Fsp3) is 0.867. The first-order valence-electron chi connectivity index (χ1n) is 8.14. The van der Waals surface area contributed by atoms with Gasteiger partial charge in [0.2, 0.25) is 5.89 Å². The topological polar surface area (TPSA) is 80.9 Å². The lowest BCUT2D eigenvalue weighted by molar-refractivity contribution is -0.0264. The van der Waals surface area contributed by atoms with Crippen LogP contribution in [0.5, 0.6) is 0 Å². The van der Waals surface area contributed by atoms with Gasteiger partial charge in [0.25, 0.3) is 0 Å². The van der Waals surface area contributed by atoms with E-state index in [9.17, 15) is 5.11 Å². The molecular formula is C15H25N3O4. The Morgan fingerprint density at radius 3 is 3.05 bits per heavy atom. The molecule has 3 heterocycles. The number of rotatable bonds is 7. The van der Waals surface area contributed by atoms with Crippen molar-refractivity contribution < 1.29 is 19.1 Å². The number of nitrogens with zero attached hydrogens (tertiary/aromatic N) is 3. The zero-order valence-corrected chi connectivity index (χ0v) is 13.1. The van der Waals surface area contributed by atoms with Crippen molar-refractivity contribution in [3.63, 3.8) is 0 Å². The first kappa shape index (κ1) is 15.9. The quantitative estimate of drug-likeness (QED) is 0.806. The van der Waals surface area contributed by atoms with Crippen molar-refractivity contribution in [1.29, 1.82) is 0 Å². The van der Waals surface area contributed by atoms with Crippen LogP contribution in [-0.2, 0) is 9.47 Å². The van der Waals surface area contributed by atoms with Gasteiger partial charge in [0.15, 0.2) is 5.82 Å². The molecule has 2 saturated heterocycles. The monoisotopic (exact) mass is 311 g/mol. The Morgan fingerprint density at radius 1 is 1.41 bits per heavy atom. The van der Waals surface area contributed by atoms with Crippen LogP contribution in [0.1, 0.15) is 43.4 Å².